The van der Waals surface area contributed by atoms with Gasteiger partial charge in [0, 0.05) is 24.9 Å². The molecule has 0 atom stereocenters. The normalized spacial score (nSPS) is 10.8. The number of fused-ring (bicyclic) bond motifs is 1. The third-order valence-electron chi connectivity index (χ3n) is 3.63. The number of aliphatic hydroxyl groups excluding tert-OH is 1. The maximum Gasteiger partial charge on any atom is 0.256 e. The van der Waals surface area contributed by atoms with Gasteiger partial charge in [0.05, 0.1) is 5.39 Å². The summed E-state index contributed by atoms with van der Waals surface area (Å²) >= 11 is 0. The Morgan fingerprint density at radius 3 is 2.74 bits per heavy atom. The van der Waals surface area contributed by atoms with Crippen molar-refractivity contribution < 1.29 is 9.90 Å². The number of carbonyl (C=O) groups is 1. The van der Waals surface area contributed by atoms with Gasteiger partial charge in [0.2, 0.25) is 0 Å². The van der Waals surface area contributed by atoms with Crippen molar-refractivity contribution in [3.05, 3.63) is 54.5 Å². The molecule has 0 saturated heterocycles. The molecule has 2 aromatic heterocycles. The first kappa shape index (κ1) is 15.2. The van der Waals surface area contributed by atoms with Crippen LogP contribution in [0.3, 0.4) is 0 Å². The zero-order chi connectivity index (χ0) is 16.1. The van der Waals surface area contributed by atoms with E-state index in [0.29, 0.717) is 11.4 Å². The molecule has 0 aliphatic rings. The molecule has 2 N–H and O–H groups in total. The molecule has 1 amide bonds. The van der Waals surface area contributed by atoms with Crippen LogP contribution in [0.25, 0.3) is 11.0 Å². The highest BCUT2D eigenvalue weighted by Gasteiger charge is 2.12. The smallest absolute Gasteiger partial charge is 0.256 e. The fourth-order valence-corrected chi connectivity index (χ4v) is 2.45. The summed E-state index contributed by atoms with van der Waals surface area (Å²) in [7, 11) is 0. The molecular formula is C17H18N4O2. The Morgan fingerprint density at radius 2 is 1.96 bits per heavy atom. The minimum atomic E-state index is -0.196. The summed E-state index contributed by atoms with van der Waals surface area (Å²) < 4.78 is 2.00. The molecule has 0 aliphatic heterocycles. The molecule has 3 aromatic rings. The van der Waals surface area contributed by atoms with Gasteiger partial charge in [-0.1, -0.05) is 18.2 Å². The summed E-state index contributed by atoms with van der Waals surface area (Å²) in [6.07, 6.45) is 5.00. The van der Waals surface area contributed by atoms with E-state index in [-0.39, 0.29) is 12.5 Å². The summed E-state index contributed by atoms with van der Waals surface area (Å²) in [6, 6.07) is 10.9. The molecule has 0 saturated carbocycles. The summed E-state index contributed by atoms with van der Waals surface area (Å²) in [5.41, 5.74) is 1.36. The van der Waals surface area contributed by atoms with Gasteiger partial charge in [-0.05, 0) is 31.0 Å². The minimum Gasteiger partial charge on any atom is -0.396 e. The number of nitrogens with one attached hydrogen (secondary N) is 1. The van der Waals surface area contributed by atoms with Crippen LogP contribution in [0.2, 0.25) is 0 Å². The molecule has 0 fully saturated rings. The third kappa shape index (κ3) is 3.37. The SMILES string of the molecule is O=C(Nc1ncnc2c1ccn2CCCCO)c1ccccc1. The Kier molecular flexibility index (Phi) is 4.63. The Labute approximate surface area is 133 Å². The first-order chi connectivity index (χ1) is 11.3. The van der Waals surface area contributed by atoms with Crippen molar-refractivity contribution in [2.24, 2.45) is 0 Å². The Hall–Kier alpha value is -2.73. The highest BCUT2D eigenvalue weighted by atomic mass is 16.2. The van der Waals surface area contributed by atoms with Crippen molar-refractivity contribution in [1.82, 2.24) is 14.5 Å². The van der Waals surface area contributed by atoms with Gasteiger partial charge in [-0.25, -0.2) is 9.97 Å². The maximum atomic E-state index is 12.3. The lowest BCUT2D eigenvalue weighted by atomic mass is 10.2. The Balaban J connectivity index is 1.83. The fraction of sp³-hybridized carbons (Fsp3) is 0.235. The first-order valence-corrected chi connectivity index (χ1v) is 7.56. The van der Waals surface area contributed by atoms with E-state index >= 15 is 0 Å². The van der Waals surface area contributed by atoms with E-state index in [1.807, 2.05) is 35.0 Å². The van der Waals surface area contributed by atoms with E-state index < -0.39 is 0 Å². The highest BCUT2D eigenvalue weighted by Crippen LogP contribution is 2.21. The predicted molar refractivity (Wildman–Crippen MR) is 88.2 cm³/mol. The van der Waals surface area contributed by atoms with Gasteiger partial charge < -0.3 is 15.0 Å². The molecule has 0 radical (unpaired) electrons. The Morgan fingerprint density at radius 1 is 1.13 bits per heavy atom. The average Bonchev–Trinajstić information content (AvgIpc) is 3.00. The first-order valence-electron chi connectivity index (χ1n) is 7.56. The predicted octanol–water partition coefficient (Wildman–Crippen LogP) is 2.46. The summed E-state index contributed by atoms with van der Waals surface area (Å²) in [6.45, 7) is 0.958. The minimum absolute atomic E-state index is 0.187. The van der Waals surface area contributed by atoms with Crippen LogP contribution in [-0.2, 0) is 6.54 Å². The van der Waals surface area contributed by atoms with E-state index in [1.54, 1.807) is 12.1 Å². The van der Waals surface area contributed by atoms with Crippen molar-refractivity contribution in [1.29, 1.82) is 0 Å². The van der Waals surface area contributed by atoms with Crippen LogP contribution < -0.4 is 5.32 Å². The number of carbonyl (C=O) groups excluding carboxylic acids is 1. The lowest BCUT2D eigenvalue weighted by Gasteiger charge is -2.07. The van der Waals surface area contributed by atoms with Crippen LogP contribution >= 0.6 is 0 Å². The van der Waals surface area contributed by atoms with Crippen molar-refractivity contribution in [3.8, 4) is 0 Å². The van der Waals surface area contributed by atoms with Crippen molar-refractivity contribution in [3.63, 3.8) is 0 Å². The molecule has 1 aromatic carbocycles. The topological polar surface area (TPSA) is 80.0 Å². The van der Waals surface area contributed by atoms with Gasteiger partial charge in [0.25, 0.3) is 5.91 Å². The summed E-state index contributed by atoms with van der Waals surface area (Å²) in [4.78, 5) is 20.8. The van der Waals surface area contributed by atoms with E-state index in [0.717, 1.165) is 30.4 Å². The maximum absolute atomic E-state index is 12.3. The van der Waals surface area contributed by atoms with Crippen LogP contribution in [0, 0.1) is 0 Å². The zero-order valence-electron chi connectivity index (χ0n) is 12.6. The number of amides is 1. The van der Waals surface area contributed by atoms with Crippen LogP contribution in [0.4, 0.5) is 5.82 Å². The molecule has 0 aliphatic carbocycles. The van der Waals surface area contributed by atoms with Crippen LogP contribution in [0.1, 0.15) is 23.2 Å². The second-order valence-electron chi connectivity index (χ2n) is 5.22. The summed E-state index contributed by atoms with van der Waals surface area (Å²) in [5.74, 6) is 0.309. The van der Waals surface area contributed by atoms with E-state index in [1.165, 1.54) is 6.33 Å². The zero-order valence-corrected chi connectivity index (χ0v) is 12.6. The standard InChI is InChI=1S/C17H18N4O2/c22-11-5-4-9-21-10-8-14-15(18-12-19-16(14)21)20-17(23)13-6-2-1-3-7-13/h1-3,6-8,10,12,22H,4-5,9,11H2,(H,18,19,20,23). The number of unbranched alkanes of at least 4 members (excludes halogenated alkanes) is 1. The molecule has 0 spiro atoms. The quantitative estimate of drug-likeness (QED) is 0.685. The average molecular weight is 310 g/mol. The number of benzene rings is 1. The molecule has 3 rings (SSSR count). The van der Waals surface area contributed by atoms with E-state index in [4.69, 9.17) is 5.11 Å². The molecule has 0 bridgehead atoms. The molecule has 23 heavy (non-hydrogen) atoms. The van der Waals surface area contributed by atoms with Crippen molar-refractivity contribution in [2.45, 2.75) is 19.4 Å². The fourth-order valence-electron chi connectivity index (χ4n) is 2.45. The molecular weight excluding hydrogens is 292 g/mol. The second kappa shape index (κ2) is 7.02. The van der Waals surface area contributed by atoms with Crippen molar-refractivity contribution in [2.75, 3.05) is 11.9 Å². The molecule has 118 valence electrons. The summed E-state index contributed by atoms with van der Waals surface area (Å²) in [5, 5.41) is 12.5. The number of hydrogen-bond donors (Lipinski definition) is 2. The van der Waals surface area contributed by atoms with Gasteiger partial charge in [0.1, 0.15) is 17.8 Å². The van der Waals surface area contributed by atoms with Crippen LogP contribution in [0.15, 0.2) is 48.9 Å². The lowest BCUT2D eigenvalue weighted by molar-refractivity contribution is 0.102. The number of rotatable bonds is 6. The van der Waals surface area contributed by atoms with Crippen LogP contribution in [0.5, 0.6) is 0 Å². The largest absolute Gasteiger partial charge is 0.396 e. The van der Waals surface area contributed by atoms with E-state index in [2.05, 4.69) is 15.3 Å². The van der Waals surface area contributed by atoms with E-state index in [9.17, 15) is 4.79 Å². The number of aryl methyl sites for hydroxylation is 1. The number of anilines is 1. The van der Waals surface area contributed by atoms with Crippen LogP contribution in [-0.4, -0.2) is 32.2 Å². The number of nitrogens with zero attached hydrogens (tertiary/aromatic N) is 3. The van der Waals surface area contributed by atoms with Gasteiger partial charge in [-0.15, -0.1) is 0 Å². The molecule has 2 heterocycles. The monoisotopic (exact) mass is 310 g/mol. The number of aromatic nitrogens is 3. The lowest BCUT2D eigenvalue weighted by Crippen LogP contribution is -2.13. The molecule has 0 unspecified atom stereocenters. The second-order valence-corrected chi connectivity index (χ2v) is 5.22. The number of hydrogen-bond acceptors (Lipinski definition) is 4. The van der Waals surface area contributed by atoms with Gasteiger partial charge in [-0.3, -0.25) is 4.79 Å². The third-order valence-corrected chi connectivity index (χ3v) is 3.63. The Bertz CT molecular complexity index is 799. The molecule has 6 nitrogen and oxygen atoms in total. The van der Waals surface area contributed by atoms with Gasteiger partial charge in [-0.2, -0.15) is 0 Å². The highest BCUT2D eigenvalue weighted by molar-refractivity contribution is 6.07. The van der Waals surface area contributed by atoms with Gasteiger partial charge in [0.15, 0.2) is 0 Å². The van der Waals surface area contributed by atoms with Gasteiger partial charge >= 0.3 is 0 Å². The number of aliphatic hydroxyl groups is 1. The molecule has 6 heteroatoms. The van der Waals surface area contributed by atoms with Crippen molar-refractivity contribution >= 4 is 22.8 Å².